The SMILES string of the molecule is CN=C(NCCN1C(=O)c2ccccc2C1=O)NCc1cc(Cl)c(Cl)n1C.I. The van der Waals surface area contributed by atoms with Crippen molar-refractivity contribution in [1.82, 2.24) is 20.1 Å². The van der Waals surface area contributed by atoms with Crippen molar-refractivity contribution in [2.75, 3.05) is 20.1 Å². The summed E-state index contributed by atoms with van der Waals surface area (Å²) in [7, 11) is 3.46. The third kappa shape index (κ3) is 4.44. The molecule has 2 amide bonds. The summed E-state index contributed by atoms with van der Waals surface area (Å²) in [6.07, 6.45) is 0. The molecule has 1 aliphatic heterocycles. The molecule has 2 heterocycles. The number of aromatic nitrogens is 1. The number of fused-ring (bicyclic) bond motifs is 1. The number of carbonyl (C=O) groups is 2. The van der Waals surface area contributed by atoms with Gasteiger partial charge in [-0.15, -0.1) is 24.0 Å². The Balaban J connectivity index is 0.00000280. The standard InChI is InChI=1S/C18H19Cl2N5O2.HI/c1-21-18(23-10-11-9-14(19)15(20)24(11)2)22-7-8-25-16(26)12-5-3-4-6-13(12)17(25)27;/h3-6,9H,7-8,10H2,1-2H3,(H2,21,22,23);1H. The highest BCUT2D eigenvalue weighted by molar-refractivity contribution is 14.0. The minimum atomic E-state index is -0.270. The summed E-state index contributed by atoms with van der Waals surface area (Å²) >= 11 is 12.1. The Kier molecular flexibility index (Phi) is 7.73. The van der Waals surface area contributed by atoms with Gasteiger partial charge in [0.05, 0.1) is 22.7 Å². The zero-order valence-electron chi connectivity index (χ0n) is 15.3. The molecular weight excluding hydrogens is 516 g/mol. The molecule has 0 unspecified atom stereocenters. The number of guanidine groups is 1. The number of rotatable bonds is 5. The maximum atomic E-state index is 12.3. The number of benzene rings is 1. The second kappa shape index (κ2) is 9.62. The molecule has 0 bridgehead atoms. The van der Waals surface area contributed by atoms with E-state index in [4.69, 9.17) is 23.2 Å². The third-order valence-electron chi connectivity index (χ3n) is 4.38. The van der Waals surface area contributed by atoms with Crippen LogP contribution in [0.1, 0.15) is 26.4 Å². The van der Waals surface area contributed by atoms with Gasteiger partial charge in [0.15, 0.2) is 5.96 Å². The molecular formula is C18H20Cl2IN5O2. The summed E-state index contributed by atoms with van der Waals surface area (Å²) in [5, 5.41) is 7.20. The summed E-state index contributed by atoms with van der Waals surface area (Å²) in [5.74, 6) is 0.00179. The van der Waals surface area contributed by atoms with Crippen molar-refractivity contribution in [3.05, 3.63) is 57.3 Å². The van der Waals surface area contributed by atoms with Crippen molar-refractivity contribution in [3.63, 3.8) is 0 Å². The Hall–Kier alpha value is -1.78. The van der Waals surface area contributed by atoms with Crippen LogP contribution in [0.5, 0.6) is 0 Å². The van der Waals surface area contributed by atoms with Crippen LogP contribution in [-0.4, -0.2) is 47.4 Å². The van der Waals surface area contributed by atoms with Gasteiger partial charge in [-0.3, -0.25) is 19.5 Å². The van der Waals surface area contributed by atoms with Gasteiger partial charge >= 0.3 is 0 Å². The molecule has 0 atom stereocenters. The lowest BCUT2D eigenvalue weighted by Gasteiger charge is -2.16. The largest absolute Gasteiger partial charge is 0.355 e. The van der Waals surface area contributed by atoms with Gasteiger partial charge in [0, 0.05) is 32.9 Å². The van der Waals surface area contributed by atoms with Gasteiger partial charge in [0.25, 0.3) is 11.8 Å². The fraction of sp³-hybridized carbons (Fsp3) is 0.278. The summed E-state index contributed by atoms with van der Waals surface area (Å²) in [4.78, 5) is 30.0. The van der Waals surface area contributed by atoms with E-state index in [1.54, 1.807) is 41.9 Å². The number of hydrogen-bond donors (Lipinski definition) is 2. The van der Waals surface area contributed by atoms with Gasteiger partial charge in [-0.2, -0.15) is 0 Å². The van der Waals surface area contributed by atoms with E-state index in [2.05, 4.69) is 15.6 Å². The third-order valence-corrected chi connectivity index (χ3v) is 5.22. The molecule has 0 spiro atoms. The first-order valence-electron chi connectivity index (χ1n) is 8.33. The fourth-order valence-electron chi connectivity index (χ4n) is 2.88. The van der Waals surface area contributed by atoms with Gasteiger partial charge < -0.3 is 15.2 Å². The normalized spacial score (nSPS) is 13.4. The van der Waals surface area contributed by atoms with Crippen LogP contribution in [0.3, 0.4) is 0 Å². The van der Waals surface area contributed by atoms with Crippen LogP contribution < -0.4 is 10.6 Å². The Morgan fingerprint density at radius 1 is 1.11 bits per heavy atom. The topological polar surface area (TPSA) is 78.7 Å². The first-order valence-corrected chi connectivity index (χ1v) is 9.09. The summed E-state index contributed by atoms with van der Waals surface area (Å²) in [6.45, 7) is 1.09. The van der Waals surface area contributed by atoms with E-state index in [-0.39, 0.29) is 42.3 Å². The molecule has 0 saturated heterocycles. The summed E-state index contributed by atoms with van der Waals surface area (Å²) in [6, 6.07) is 8.61. The molecule has 1 aromatic heterocycles. The van der Waals surface area contributed by atoms with Crippen molar-refractivity contribution < 1.29 is 9.59 Å². The van der Waals surface area contributed by atoms with Crippen LogP contribution in [0.25, 0.3) is 0 Å². The molecule has 0 saturated carbocycles. The van der Waals surface area contributed by atoms with Gasteiger partial charge in [-0.25, -0.2) is 0 Å². The van der Waals surface area contributed by atoms with Crippen LogP contribution in [0.4, 0.5) is 0 Å². The van der Waals surface area contributed by atoms with E-state index >= 15 is 0 Å². The second-order valence-corrected chi connectivity index (χ2v) is 6.76. The second-order valence-electron chi connectivity index (χ2n) is 5.99. The summed E-state index contributed by atoms with van der Waals surface area (Å²) in [5.41, 5.74) is 1.79. The number of imide groups is 1. The molecule has 1 aromatic carbocycles. The van der Waals surface area contributed by atoms with E-state index < -0.39 is 0 Å². The van der Waals surface area contributed by atoms with Crippen molar-refractivity contribution in [1.29, 1.82) is 0 Å². The van der Waals surface area contributed by atoms with Crippen LogP contribution in [0.2, 0.25) is 10.2 Å². The minimum absolute atomic E-state index is 0. The molecule has 28 heavy (non-hydrogen) atoms. The van der Waals surface area contributed by atoms with Gasteiger partial charge in [-0.1, -0.05) is 35.3 Å². The van der Waals surface area contributed by atoms with E-state index in [0.29, 0.717) is 40.4 Å². The Bertz CT molecular complexity index is 894. The molecule has 10 heteroatoms. The molecule has 0 radical (unpaired) electrons. The Morgan fingerprint density at radius 3 is 2.21 bits per heavy atom. The number of hydrogen-bond acceptors (Lipinski definition) is 3. The molecule has 2 aromatic rings. The molecule has 2 N–H and O–H groups in total. The highest BCUT2D eigenvalue weighted by atomic mass is 127. The average molecular weight is 536 g/mol. The van der Waals surface area contributed by atoms with Crippen LogP contribution in [-0.2, 0) is 13.6 Å². The lowest BCUT2D eigenvalue weighted by molar-refractivity contribution is 0.0657. The van der Waals surface area contributed by atoms with Crippen molar-refractivity contribution in [2.24, 2.45) is 12.0 Å². The molecule has 7 nitrogen and oxygen atoms in total. The maximum Gasteiger partial charge on any atom is 0.261 e. The van der Waals surface area contributed by atoms with Crippen LogP contribution >= 0.6 is 47.2 Å². The smallest absolute Gasteiger partial charge is 0.261 e. The highest BCUT2D eigenvalue weighted by Gasteiger charge is 2.34. The van der Waals surface area contributed by atoms with E-state index in [0.717, 1.165) is 5.69 Å². The van der Waals surface area contributed by atoms with Crippen molar-refractivity contribution in [2.45, 2.75) is 6.54 Å². The average Bonchev–Trinajstić information content (AvgIpc) is 3.07. The van der Waals surface area contributed by atoms with Gasteiger partial charge in [0.1, 0.15) is 5.15 Å². The summed E-state index contributed by atoms with van der Waals surface area (Å²) < 4.78 is 1.78. The minimum Gasteiger partial charge on any atom is -0.355 e. The number of carbonyl (C=O) groups excluding carboxylic acids is 2. The number of nitrogens with zero attached hydrogens (tertiary/aromatic N) is 3. The van der Waals surface area contributed by atoms with Gasteiger partial charge in [-0.05, 0) is 18.2 Å². The molecule has 150 valence electrons. The molecule has 0 aliphatic carbocycles. The fourth-order valence-corrected chi connectivity index (χ4v) is 3.30. The zero-order valence-corrected chi connectivity index (χ0v) is 19.2. The van der Waals surface area contributed by atoms with Crippen LogP contribution in [0.15, 0.2) is 35.3 Å². The number of nitrogens with one attached hydrogen (secondary N) is 2. The molecule has 3 rings (SSSR count). The Morgan fingerprint density at radius 2 is 1.71 bits per heavy atom. The van der Waals surface area contributed by atoms with E-state index in [1.807, 2.05) is 7.05 Å². The lowest BCUT2D eigenvalue weighted by Crippen LogP contribution is -2.42. The first kappa shape index (κ1) is 22.5. The number of halogens is 3. The van der Waals surface area contributed by atoms with Gasteiger partial charge in [0.2, 0.25) is 0 Å². The molecule has 0 fully saturated rings. The lowest BCUT2D eigenvalue weighted by atomic mass is 10.1. The maximum absolute atomic E-state index is 12.3. The van der Waals surface area contributed by atoms with E-state index in [9.17, 15) is 9.59 Å². The predicted octanol–water partition coefficient (Wildman–Crippen LogP) is 2.91. The zero-order chi connectivity index (χ0) is 19.6. The van der Waals surface area contributed by atoms with E-state index in [1.165, 1.54) is 4.90 Å². The quantitative estimate of drug-likeness (QED) is 0.267. The first-order chi connectivity index (χ1) is 12.9. The predicted molar refractivity (Wildman–Crippen MR) is 121 cm³/mol. The van der Waals surface area contributed by atoms with Crippen molar-refractivity contribution >= 4 is 65.0 Å². The number of aliphatic imine (C=N–C) groups is 1. The highest BCUT2D eigenvalue weighted by Crippen LogP contribution is 2.25. The monoisotopic (exact) mass is 535 g/mol. The number of amides is 2. The Labute approximate surface area is 190 Å². The van der Waals surface area contributed by atoms with Crippen LogP contribution in [0, 0.1) is 0 Å². The van der Waals surface area contributed by atoms with Crippen molar-refractivity contribution in [3.8, 4) is 0 Å². The molecule has 1 aliphatic rings.